The van der Waals surface area contributed by atoms with E-state index in [-0.39, 0.29) is 24.4 Å². The Morgan fingerprint density at radius 1 is 1.15 bits per heavy atom. The quantitative estimate of drug-likeness (QED) is 0.166. The number of hydrogen-bond acceptors (Lipinski definition) is 8. The van der Waals surface area contributed by atoms with Crippen molar-refractivity contribution in [1.29, 1.82) is 0 Å². The lowest BCUT2D eigenvalue weighted by Crippen LogP contribution is -2.39. The number of benzene rings is 1. The molecule has 1 aromatic heterocycles. The second-order valence-electron chi connectivity index (χ2n) is 10.4. The Morgan fingerprint density at radius 3 is 2.56 bits per heavy atom. The van der Waals surface area contributed by atoms with Gasteiger partial charge in [0.15, 0.2) is 0 Å². The summed E-state index contributed by atoms with van der Waals surface area (Å²) in [4.78, 5) is 28.0. The van der Waals surface area contributed by atoms with Crippen LogP contribution in [0.2, 0.25) is 0 Å². The molecule has 4 atom stereocenters. The van der Waals surface area contributed by atoms with Gasteiger partial charge >= 0.3 is 7.12 Å². The van der Waals surface area contributed by atoms with Gasteiger partial charge in [-0.15, -0.1) is 0 Å². The number of fused-ring (bicyclic) bond motifs is 1. The topological polar surface area (TPSA) is 152 Å². The molecule has 2 aliphatic rings. The van der Waals surface area contributed by atoms with Gasteiger partial charge in [-0.05, 0) is 74.0 Å². The molecule has 1 aromatic carbocycles. The first-order valence-corrected chi connectivity index (χ1v) is 13.4. The average Bonchev–Trinajstić information content (AvgIpc) is 3.47. The third-order valence-electron chi connectivity index (χ3n) is 7.81. The van der Waals surface area contributed by atoms with E-state index < -0.39 is 42.8 Å². The zero-order valence-corrected chi connectivity index (χ0v) is 22.3. The van der Waals surface area contributed by atoms with Crippen LogP contribution in [0.25, 0.3) is 6.08 Å². The molecule has 9 nitrogen and oxygen atoms in total. The predicted octanol–water partition coefficient (Wildman–Crippen LogP) is 1.91. The monoisotopic (exact) mass is 537 g/mol. The zero-order valence-electron chi connectivity index (χ0n) is 22.3. The van der Waals surface area contributed by atoms with Gasteiger partial charge in [-0.3, -0.25) is 14.5 Å². The van der Waals surface area contributed by atoms with Crippen molar-refractivity contribution in [2.45, 2.75) is 58.7 Å². The molecule has 0 radical (unpaired) electrons. The first kappa shape index (κ1) is 29.0. The molecule has 2 aromatic rings. The van der Waals surface area contributed by atoms with E-state index in [1.807, 2.05) is 13.0 Å². The first-order valence-electron chi connectivity index (χ1n) is 13.4. The standard InChI is InChI=1S/C29H36BNO8/c1-3-5-18(13-21-9-10-22(15-32)39-21)8-11-25(34)26-17(2)12-23-27(24(26)16-33)29(36)31(28(23)35)20-7-4-6-19(14-20)30(37)38/h4,6-7,9-10,13-14,23-25,27,32-34,37-38H,3,5,8,11-12,15-16H2,1-2H3/b18-13+/t23-,24+,25-,27-/m1/s1. The number of rotatable bonds is 11. The molecular weight excluding hydrogens is 501 g/mol. The molecule has 0 bridgehead atoms. The molecule has 0 spiro atoms. The van der Waals surface area contributed by atoms with Crippen molar-refractivity contribution < 1.29 is 39.4 Å². The second-order valence-corrected chi connectivity index (χ2v) is 10.4. The Labute approximate surface area is 228 Å². The summed E-state index contributed by atoms with van der Waals surface area (Å²) >= 11 is 0. The largest absolute Gasteiger partial charge is 0.488 e. The molecule has 2 amide bonds. The lowest BCUT2D eigenvalue weighted by Gasteiger charge is -2.35. The molecule has 2 heterocycles. The van der Waals surface area contributed by atoms with E-state index in [2.05, 4.69) is 6.92 Å². The Hall–Kier alpha value is -3.02. The number of amides is 2. The maximum absolute atomic E-state index is 13.6. The summed E-state index contributed by atoms with van der Waals surface area (Å²) in [6.45, 7) is 3.33. The molecule has 208 valence electrons. The highest BCUT2D eigenvalue weighted by molar-refractivity contribution is 6.58. The molecule has 1 saturated heterocycles. The lowest BCUT2D eigenvalue weighted by molar-refractivity contribution is -0.123. The van der Waals surface area contributed by atoms with Gasteiger partial charge < -0.3 is 29.8 Å². The Bertz CT molecular complexity index is 1270. The molecule has 39 heavy (non-hydrogen) atoms. The van der Waals surface area contributed by atoms with Crippen LogP contribution in [0.1, 0.15) is 57.5 Å². The van der Waals surface area contributed by atoms with Crippen LogP contribution in [0.4, 0.5) is 5.69 Å². The fourth-order valence-electron chi connectivity index (χ4n) is 6.02. The van der Waals surface area contributed by atoms with Crippen LogP contribution < -0.4 is 10.4 Å². The number of carbonyl (C=O) groups excluding carboxylic acids is 2. The number of nitrogens with zero attached hydrogens (tertiary/aromatic N) is 1. The number of imide groups is 1. The van der Waals surface area contributed by atoms with Crippen LogP contribution in [-0.4, -0.2) is 57.0 Å². The second kappa shape index (κ2) is 12.4. The van der Waals surface area contributed by atoms with E-state index in [9.17, 15) is 35.0 Å². The first-order chi connectivity index (χ1) is 18.7. The molecule has 1 aliphatic carbocycles. The van der Waals surface area contributed by atoms with E-state index >= 15 is 0 Å². The SMILES string of the molecule is CCC/C(=C\c1ccc(CO)o1)CC[C@@H](O)C1=C(C)C[C@H]2C(=O)N(c3cccc(B(O)O)c3)C(=O)[C@H]2[C@H]1CO. The van der Waals surface area contributed by atoms with Gasteiger partial charge in [-0.1, -0.05) is 36.6 Å². The molecule has 0 unspecified atom stereocenters. The minimum absolute atomic E-state index is 0.158. The summed E-state index contributed by atoms with van der Waals surface area (Å²) in [7, 11) is -1.74. The van der Waals surface area contributed by atoms with Gasteiger partial charge in [-0.2, -0.15) is 0 Å². The predicted molar refractivity (Wildman–Crippen MR) is 146 cm³/mol. The molecule has 0 saturated carbocycles. The summed E-state index contributed by atoms with van der Waals surface area (Å²) in [5.74, 6) is -1.93. The summed E-state index contributed by atoms with van der Waals surface area (Å²) < 4.78 is 5.59. The number of aliphatic hydroxyl groups excluding tert-OH is 3. The number of furan rings is 1. The van der Waals surface area contributed by atoms with E-state index in [1.165, 1.54) is 12.1 Å². The van der Waals surface area contributed by atoms with Gasteiger partial charge in [-0.25, -0.2) is 0 Å². The van der Waals surface area contributed by atoms with Crippen LogP contribution in [-0.2, 0) is 16.2 Å². The third kappa shape index (κ3) is 5.95. The molecule has 5 N–H and O–H groups in total. The number of carbonyl (C=O) groups is 2. The summed E-state index contributed by atoms with van der Waals surface area (Å²) in [6, 6.07) is 9.50. The summed E-state index contributed by atoms with van der Waals surface area (Å²) in [5.41, 5.74) is 2.89. The van der Waals surface area contributed by atoms with Crippen molar-refractivity contribution in [3.8, 4) is 0 Å². The van der Waals surface area contributed by atoms with Gasteiger partial charge in [0.25, 0.3) is 0 Å². The van der Waals surface area contributed by atoms with Gasteiger partial charge in [0.2, 0.25) is 11.8 Å². The van der Waals surface area contributed by atoms with Crippen molar-refractivity contribution in [3.63, 3.8) is 0 Å². The minimum Gasteiger partial charge on any atom is -0.459 e. The molecule has 10 heteroatoms. The minimum atomic E-state index is -1.74. The third-order valence-corrected chi connectivity index (χ3v) is 7.81. The van der Waals surface area contributed by atoms with Gasteiger partial charge in [0, 0.05) is 5.92 Å². The average molecular weight is 537 g/mol. The lowest BCUT2D eigenvalue weighted by atomic mass is 9.68. The number of aliphatic hydroxyl groups is 3. The molecule has 1 aliphatic heterocycles. The molecule has 4 rings (SSSR count). The van der Waals surface area contributed by atoms with Crippen LogP contribution in [0, 0.1) is 17.8 Å². The Kier molecular flexibility index (Phi) is 9.25. The highest BCUT2D eigenvalue weighted by atomic mass is 16.4. The van der Waals surface area contributed by atoms with Crippen LogP contribution in [0.3, 0.4) is 0 Å². The Morgan fingerprint density at radius 2 is 1.92 bits per heavy atom. The van der Waals surface area contributed by atoms with Gasteiger partial charge in [0.05, 0.1) is 30.2 Å². The van der Waals surface area contributed by atoms with Crippen molar-refractivity contribution in [1.82, 2.24) is 0 Å². The van der Waals surface area contributed by atoms with E-state index in [0.717, 1.165) is 28.9 Å². The number of hydrogen-bond donors (Lipinski definition) is 5. The van der Waals surface area contributed by atoms with E-state index in [4.69, 9.17) is 4.42 Å². The van der Waals surface area contributed by atoms with Crippen molar-refractivity contribution in [2.75, 3.05) is 11.5 Å². The van der Waals surface area contributed by atoms with Crippen molar-refractivity contribution in [2.24, 2.45) is 17.8 Å². The number of anilines is 1. The van der Waals surface area contributed by atoms with Crippen molar-refractivity contribution >= 4 is 36.2 Å². The van der Waals surface area contributed by atoms with Gasteiger partial charge in [0.1, 0.15) is 18.1 Å². The fraction of sp³-hybridized carbons (Fsp3) is 0.448. The van der Waals surface area contributed by atoms with Crippen LogP contribution in [0.5, 0.6) is 0 Å². The van der Waals surface area contributed by atoms with Crippen molar-refractivity contribution in [3.05, 3.63) is 64.6 Å². The maximum atomic E-state index is 13.6. The zero-order chi connectivity index (χ0) is 28.3. The van der Waals surface area contributed by atoms with E-state index in [0.29, 0.717) is 36.4 Å². The fourth-order valence-corrected chi connectivity index (χ4v) is 6.02. The Balaban J connectivity index is 1.55. The summed E-state index contributed by atoms with van der Waals surface area (Å²) in [6.07, 6.45) is 3.97. The van der Waals surface area contributed by atoms with E-state index in [1.54, 1.807) is 24.3 Å². The van der Waals surface area contributed by atoms with Crippen LogP contribution in [0.15, 0.2) is 57.5 Å². The molecule has 1 fully saturated rings. The smallest absolute Gasteiger partial charge is 0.459 e. The molecular formula is C29H36BNO8. The highest BCUT2D eigenvalue weighted by Crippen LogP contribution is 2.47. The highest BCUT2D eigenvalue weighted by Gasteiger charge is 2.54. The van der Waals surface area contributed by atoms with Crippen LogP contribution >= 0.6 is 0 Å². The normalized spacial score (nSPS) is 22.5. The number of allylic oxidation sites excluding steroid dienone is 2. The summed E-state index contributed by atoms with van der Waals surface area (Å²) in [5, 5.41) is 50.0. The maximum Gasteiger partial charge on any atom is 0.488 e.